The predicted octanol–water partition coefficient (Wildman–Crippen LogP) is 2.54. The molecule has 2 N–H and O–H groups in total. The van der Waals surface area contributed by atoms with Gasteiger partial charge in [0.15, 0.2) is 0 Å². The lowest BCUT2D eigenvalue weighted by Crippen LogP contribution is -2.39. The van der Waals surface area contributed by atoms with Gasteiger partial charge in [-0.05, 0) is 44.0 Å². The molecule has 23 heavy (non-hydrogen) atoms. The van der Waals surface area contributed by atoms with Gasteiger partial charge in [0, 0.05) is 0 Å². The lowest BCUT2D eigenvalue weighted by Gasteiger charge is -2.20. The monoisotopic (exact) mass is 333 g/mol. The van der Waals surface area contributed by atoms with E-state index in [0.29, 0.717) is 17.0 Å². The molecule has 0 radical (unpaired) electrons. The number of imide groups is 1. The molecule has 8 heteroatoms. The van der Waals surface area contributed by atoms with Gasteiger partial charge in [0.25, 0.3) is 5.24 Å². The van der Waals surface area contributed by atoms with Crippen molar-refractivity contribution in [1.82, 2.24) is 5.43 Å². The molecule has 0 aliphatic carbocycles. The molecule has 1 aromatic rings. The van der Waals surface area contributed by atoms with Crippen LogP contribution in [0.15, 0.2) is 23.3 Å². The molecule has 120 valence electrons. The highest BCUT2D eigenvalue weighted by atomic mass is 32.2. The molecule has 0 aromatic heterocycles. The van der Waals surface area contributed by atoms with Crippen LogP contribution in [0.4, 0.5) is 15.3 Å². The molecule has 7 nitrogen and oxygen atoms in total. The number of benzene rings is 1. The van der Waals surface area contributed by atoms with Crippen molar-refractivity contribution in [3.63, 3.8) is 0 Å². The van der Waals surface area contributed by atoms with Crippen molar-refractivity contribution in [2.75, 3.05) is 4.90 Å². The second kappa shape index (κ2) is 5.09. The number of hydrogen-bond donors (Lipinski definition) is 2. The molecule has 0 saturated heterocycles. The summed E-state index contributed by atoms with van der Waals surface area (Å²) in [5, 5.41) is 13.0. The van der Waals surface area contributed by atoms with E-state index in [9.17, 15) is 19.5 Å². The minimum Gasteiger partial charge on any atom is -0.464 e. The van der Waals surface area contributed by atoms with Crippen LogP contribution in [0.25, 0.3) is 0 Å². The first-order valence-electron chi connectivity index (χ1n) is 7.00. The van der Waals surface area contributed by atoms with E-state index in [-0.39, 0.29) is 10.5 Å². The minimum absolute atomic E-state index is 0.127. The highest BCUT2D eigenvalue weighted by molar-refractivity contribution is 8.14. The van der Waals surface area contributed by atoms with Gasteiger partial charge in [0.1, 0.15) is 0 Å². The van der Waals surface area contributed by atoms with Gasteiger partial charge in [-0.1, -0.05) is 17.8 Å². The number of fused-ring (bicyclic) bond motifs is 1. The molecule has 1 unspecified atom stereocenters. The third-order valence-corrected chi connectivity index (χ3v) is 4.95. The number of hydrogen-bond acceptors (Lipinski definition) is 5. The number of carbonyl (C=O) groups is 3. The Morgan fingerprint density at radius 3 is 2.70 bits per heavy atom. The van der Waals surface area contributed by atoms with Gasteiger partial charge in [-0.3, -0.25) is 9.59 Å². The van der Waals surface area contributed by atoms with Gasteiger partial charge >= 0.3 is 6.09 Å². The summed E-state index contributed by atoms with van der Waals surface area (Å²) in [6, 6.07) is 5.11. The fourth-order valence-corrected chi connectivity index (χ4v) is 3.54. The molecule has 1 aromatic carbocycles. The zero-order valence-electron chi connectivity index (χ0n) is 12.8. The maximum absolute atomic E-state index is 12.4. The maximum atomic E-state index is 12.4. The molecule has 0 spiro atoms. The Kier molecular flexibility index (Phi) is 3.44. The fourth-order valence-electron chi connectivity index (χ4n) is 2.82. The van der Waals surface area contributed by atoms with Crippen LogP contribution >= 0.6 is 11.8 Å². The standard InChI is InChI=1S/C15H15N3O4S/c1-7-11(16-17-13(20)23-7)8-4-5-10-9(6-8)15(2,3)12(19)18(10)14(21)22/h4-7H,1-3H3,(H,17,20)(H,21,22). The topological polar surface area (TPSA) is 99.1 Å². The molecule has 2 aliphatic rings. The molecule has 3 rings (SSSR count). The predicted molar refractivity (Wildman–Crippen MR) is 87.1 cm³/mol. The number of rotatable bonds is 1. The third kappa shape index (κ3) is 2.29. The summed E-state index contributed by atoms with van der Waals surface area (Å²) in [5.74, 6) is -0.474. The van der Waals surface area contributed by atoms with Crippen molar-refractivity contribution in [2.24, 2.45) is 5.10 Å². The normalized spacial score (nSPS) is 22.5. The molecular weight excluding hydrogens is 318 g/mol. The van der Waals surface area contributed by atoms with Crippen LogP contribution in [-0.4, -0.2) is 33.3 Å². The number of carboxylic acid groups (broad SMARTS) is 1. The van der Waals surface area contributed by atoms with E-state index in [1.807, 2.05) is 6.92 Å². The Labute approximate surface area is 136 Å². The first kappa shape index (κ1) is 15.5. The lowest BCUT2D eigenvalue weighted by atomic mass is 9.85. The molecule has 0 bridgehead atoms. The molecule has 1 atom stereocenters. The Balaban J connectivity index is 2.10. The SMILES string of the molecule is CC1SC(=O)NN=C1c1ccc2c(c1)C(C)(C)C(=O)N2C(=O)O. The number of thioether (sulfide) groups is 1. The first-order chi connectivity index (χ1) is 10.7. The van der Waals surface area contributed by atoms with Crippen molar-refractivity contribution in [3.8, 4) is 0 Å². The quantitative estimate of drug-likeness (QED) is 0.823. The molecule has 0 fully saturated rings. The first-order valence-corrected chi connectivity index (χ1v) is 7.88. The highest BCUT2D eigenvalue weighted by Crippen LogP contribution is 2.42. The van der Waals surface area contributed by atoms with Gasteiger partial charge in [0.2, 0.25) is 5.91 Å². The number of nitrogens with one attached hydrogen (secondary N) is 1. The van der Waals surface area contributed by atoms with E-state index in [0.717, 1.165) is 22.2 Å². The van der Waals surface area contributed by atoms with Crippen LogP contribution in [-0.2, 0) is 10.2 Å². The van der Waals surface area contributed by atoms with Crippen molar-refractivity contribution in [1.29, 1.82) is 0 Å². The number of hydrazone groups is 1. The minimum atomic E-state index is -1.29. The summed E-state index contributed by atoms with van der Waals surface area (Å²) in [4.78, 5) is 35.9. The molecular formula is C15H15N3O4S. The summed E-state index contributed by atoms with van der Waals surface area (Å²) in [6.45, 7) is 5.27. The van der Waals surface area contributed by atoms with Crippen LogP contribution in [0.5, 0.6) is 0 Å². The maximum Gasteiger partial charge on any atom is 0.418 e. The Bertz CT molecular complexity index is 772. The zero-order chi connectivity index (χ0) is 16.9. The van der Waals surface area contributed by atoms with E-state index in [2.05, 4.69) is 10.5 Å². The van der Waals surface area contributed by atoms with E-state index >= 15 is 0 Å². The largest absolute Gasteiger partial charge is 0.464 e. The van der Waals surface area contributed by atoms with E-state index in [4.69, 9.17) is 0 Å². The number of carbonyl (C=O) groups excluding carboxylic acids is 2. The summed E-state index contributed by atoms with van der Waals surface area (Å²) < 4.78 is 0. The molecule has 2 aliphatic heterocycles. The second-order valence-electron chi connectivity index (χ2n) is 5.94. The zero-order valence-corrected chi connectivity index (χ0v) is 13.6. The molecule has 2 heterocycles. The summed E-state index contributed by atoms with van der Waals surface area (Å²) in [5.41, 5.74) is 3.95. The summed E-state index contributed by atoms with van der Waals surface area (Å²) >= 11 is 1.13. The number of amides is 3. The van der Waals surface area contributed by atoms with Crippen molar-refractivity contribution in [3.05, 3.63) is 29.3 Å². The van der Waals surface area contributed by atoms with E-state index < -0.39 is 17.4 Å². The van der Waals surface area contributed by atoms with Crippen LogP contribution in [0.2, 0.25) is 0 Å². The van der Waals surface area contributed by atoms with Gasteiger partial charge in [0.05, 0.1) is 22.1 Å². The number of anilines is 1. The summed E-state index contributed by atoms with van der Waals surface area (Å²) in [7, 11) is 0. The van der Waals surface area contributed by atoms with E-state index in [1.165, 1.54) is 0 Å². The van der Waals surface area contributed by atoms with Gasteiger partial charge in [-0.25, -0.2) is 15.1 Å². The Morgan fingerprint density at radius 1 is 1.39 bits per heavy atom. The molecule has 0 saturated carbocycles. The Morgan fingerprint density at radius 2 is 2.09 bits per heavy atom. The second-order valence-corrected chi connectivity index (χ2v) is 7.25. The Hall–Kier alpha value is -2.35. The fraction of sp³-hybridized carbons (Fsp3) is 0.333. The summed E-state index contributed by atoms with van der Waals surface area (Å²) in [6.07, 6.45) is -1.29. The lowest BCUT2D eigenvalue weighted by molar-refractivity contribution is -0.121. The average molecular weight is 333 g/mol. The van der Waals surface area contributed by atoms with Crippen molar-refractivity contribution >= 4 is 40.4 Å². The third-order valence-electron chi connectivity index (χ3n) is 4.07. The van der Waals surface area contributed by atoms with Crippen molar-refractivity contribution in [2.45, 2.75) is 31.4 Å². The van der Waals surface area contributed by atoms with E-state index in [1.54, 1.807) is 32.0 Å². The van der Waals surface area contributed by atoms with Gasteiger partial charge in [-0.2, -0.15) is 5.10 Å². The van der Waals surface area contributed by atoms with Crippen molar-refractivity contribution < 1.29 is 19.5 Å². The van der Waals surface area contributed by atoms with Gasteiger partial charge in [-0.15, -0.1) is 0 Å². The van der Waals surface area contributed by atoms with Crippen LogP contribution in [0.1, 0.15) is 31.9 Å². The van der Waals surface area contributed by atoms with Crippen LogP contribution in [0.3, 0.4) is 0 Å². The van der Waals surface area contributed by atoms with Crippen LogP contribution < -0.4 is 10.3 Å². The number of nitrogens with zero attached hydrogens (tertiary/aromatic N) is 2. The van der Waals surface area contributed by atoms with Gasteiger partial charge < -0.3 is 5.11 Å². The highest BCUT2D eigenvalue weighted by Gasteiger charge is 2.47. The smallest absolute Gasteiger partial charge is 0.418 e. The molecule has 3 amide bonds. The van der Waals surface area contributed by atoms with Crippen LogP contribution in [0, 0.1) is 0 Å². The average Bonchev–Trinajstić information content (AvgIpc) is 2.66.